The highest BCUT2D eigenvalue weighted by Gasteiger charge is 2.37. The van der Waals surface area contributed by atoms with E-state index in [9.17, 15) is 9.18 Å². The number of alkyl halides is 1. The lowest BCUT2D eigenvalue weighted by Gasteiger charge is -2.41. The van der Waals surface area contributed by atoms with Gasteiger partial charge in [-0.25, -0.2) is 13.6 Å². The SMILES string of the molecule is CC(C)OC(=O)c1ccc(CN2C(Br)Cc3cc4c(cc3C2c2ccc(F)cc2F)OCO4)cc1. The number of esters is 1. The maximum Gasteiger partial charge on any atom is 0.338 e. The van der Waals surface area contributed by atoms with Gasteiger partial charge >= 0.3 is 5.97 Å². The molecule has 0 amide bonds. The Labute approximate surface area is 210 Å². The lowest BCUT2D eigenvalue weighted by molar-refractivity contribution is 0.0378. The second kappa shape index (κ2) is 9.59. The Morgan fingerprint density at radius 1 is 1.06 bits per heavy atom. The molecular formula is C27H24BrF2NO4. The van der Waals surface area contributed by atoms with Crippen molar-refractivity contribution in [3.63, 3.8) is 0 Å². The van der Waals surface area contributed by atoms with Crippen LogP contribution in [0.2, 0.25) is 0 Å². The summed E-state index contributed by atoms with van der Waals surface area (Å²) in [6.45, 7) is 4.21. The number of halogens is 3. The summed E-state index contributed by atoms with van der Waals surface area (Å²) in [5.41, 5.74) is 3.66. The van der Waals surface area contributed by atoms with Crippen LogP contribution in [0.4, 0.5) is 8.78 Å². The normalized spacial score (nSPS) is 19.0. The molecule has 0 bridgehead atoms. The van der Waals surface area contributed by atoms with E-state index in [2.05, 4.69) is 20.8 Å². The van der Waals surface area contributed by atoms with Gasteiger partial charge in [-0.3, -0.25) is 4.90 Å². The Balaban J connectivity index is 1.52. The molecular weight excluding hydrogens is 520 g/mol. The van der Waals surface area contributed by atoms with Crippen LogP contribution in [0.25, 0.3) is 0 Å². The molecule has 0 radical (unpaired) electrons. The summed E-state index contributed by atoms with van der Waals surface area (Å²) in [7, 11) is 0. The molecule has 5 nitrogen and oxygen atoms in total. The lowest BCUT2D eigenvalue weighted by atomic mass is 9.87. The van der Waals surface area contributed by atoms with E-state index in [-0.39, 0.29) is 23.8 Å². The first-order chi connectivity index (χ1) is 16.8. The van der Waals surface area contributed by atoms with Gasteiger partial charge in [-0.15, -0.1) is 0 Å². The molecule has 2 aliphatic heterocycles. The minimum atomic E-state index is -0.626. The van der Waals surface area contributed by atoms with Crippen molar-refractivity contribution < 1.29 is 27.8 Å². The summed E-state index contributed by atoms with van der Waals surface area (Å²) in [6, 6.07) is 14.2. The second-order valence-corrected chi connectivity index (χ2v) is 9.99. The Morgan fingerprint density at radius 3 is 2.46 bits per heavy atom. The molecule has 3 aromatic rings. The van der Waals surface area contributed by atoms with Crippen molar-refractivity contribution in [2.24, 2.45) is 0 Å². The van der Waals surface area contributed by atoms with E-state index in [1.54, 1.807) is 26.0 Å². The van der Waals surface area contributed by atoms with Gasteiger partial charge in [-0.2, -0.15) is 0 Å². The zero-order valence-electron chi connectivity index (χ0n) is 19.3. The molecule has 0 aromatic heterocycles. The van der Waals surface area contributed by atoms with Crippen LogP contribution in [0.3, 0.4) is 0 Å². The molecule has 0 N–H and O–H groups in total. The third kappa shape index (κ3) is 4.77. The lowest BCUT2D eigenvalue weighted by Crippen LogP contribution is -2.41. The quantitative estimate of drug-likeness (QED) is 0.220. The number of fused-ring (bicyclic) bond motifs is 2. The number of nitrogens with zero attached hydrogens (tertiary/aromatic N) is 1. The minimum absolute atomic E-state index is 0.129. The van der Waals surface area contributed by atoms with Crippen LogP contribution in [0.1, 0.15) is 52.5 Å². The largest absolute Gasteiger partial charge is 0.459 e. The van der Waals surface area contributed by atoms with E-state index in [0.29, 0.717) is 35.6 Å². The average Bonchev–Trinajstić information content (AvgIpc) is 3.26. The summed E-state index contributed by atoms with van der Waals surface area (Å²) in [5, 5.41) is 0. The topological polar surface area (TPSA) is 48.0 Å². The molecule has 182 valence electrons. The first-order valence-corrected chi connectivity index (χ1v) is 12.3. The van der Waals surface area contributed by atoms with Gasteiger partial charge in [0.15, 0.2) is 11.5 Å². The molecule has 0 spiro atoms. The maximum atomic E-state index is 15.1. The van der Waals surface area contributed by atoms with Crippen molar-refractivity contribution in [2.75, 3.05) is 6.79 Å². The molecule has 0 saturated carbocycles. The first kappa shape index (κ1) is 23.8. The number of rotatable bonds is 5. The molecule has 0 aliphatic carbocycles. The summed E-state index contributed by atoms with van der Waals surface area (Å²) < 4.78 is 45.3. The molecule has 2 aliphatic rings. The molecule has 0 fully saturated rings. The van der Waals surface area contributed by atoms with E-state index in [1.807, 2.05) is 24.3 Å². The van der Waals surface area contributed by atoms with E-state index in [1.165, 1.54) is 12.1 Å². The molecule has 2 unspecified atom stereocenters. The predicted octanol–water partition coefficient (Wildman–Crippen LogP) is 6.13. The van der Waals surface area contributed by atoms with Crippen molar-refractivity contribution in [3.8, 4) is 11.5 Å². The molecule has 2 atom stereocenters. The zero-order chi connectivity index (χ0) is 24.7. The maximum absolute atomic E-state index is 15.1. The summed E-state index contributed by atoms with van der Waals surface area (Å²) in [6.07, 6.45) is 0.455. The standard InChI is InChI=1S/C27H24BrF2NO4/c1-15(2)35-27(32)17-5-3-16(4-6-17)13-31-25(28)10-18-9-23-24(34-14-33-23)12-21(18)26(31)20-8-7-19(29)11-22(20)30/h3-9,11-12,15,25-26H,10,13-14H2,1-2H3. The minimum Gasteiger partial charge on any atom is -0.459 e. The Bertz CT molecular complexity index is 1260. The van der Waals surface area contributed by atoms with Gasteiger partial charge in [-0.05, 0) is 67.3 Å². The van der Waals surface area contributed by atoms with Gasteiger partial charge in [0.25, 0.3) is 0 Å². The third-order valence-electron chi connectivity index (χ3n) is 6.16. The highest BCUT2D eigenvalue weighted by atomic mass is 79.9. The van der Waals surface area contributed by atoms with Crippen LogP contribution in [0, 0.1) is 11.6 Å². The van der Waals surface area contributed by atoms with Crippen molar-refractivity contribution in [1.82, 2.24) is 4.90 Å². The number of hydrogen-bond acceptors (Lipinski definition) is 5. The molecule has 0 saturated heterocycles. The van der Waals surface area contributed by atoms with Crippen molar-refractivity contribution in [3.05, 3.63) is 94.0 Å². The highest BCUT2D eigenvalue weighted by Crippen LogP contribution is 2.46. The van der Waals surface area contributed by atoms with E-state index >= 15 is 4.39 Å². The zero-order valence-corrected chi connectivity index (χ0v) is 20.8. The molecule has 5 rings (SSSR count). The van der Waals surface area contributed by atoms with Crippen LogP contribution in [0.15, 0.2) is 54.6 Å². The van der Waals surface area contributed by atoms with Crippen LogP contribution in [-0.2, 0) is 17.7 Å². The van der Waals surface area contributed by atoms with Crippen LogP contribution >= 0.6 is 15.9 Å². The number of carbonyl (C=O) groups is 1. The van der Waals surface area contributed by atoms with E-state index in [4.69, 9.17) is 14.2 Å². The van der Waals surface area contributed by atoms with Crippen LogP contribution in [-0.4, -0.2) is 28.7 Å². The second-order valence-electron chi connectivity index (χ2n) is 8.93. The van der Waals surface area contributed by atoms with Gasteiger partial charge in [0.1, 0.15) is 11.6 Å². The smallest absolute Gasteiger partial charge is 0.338 e. The molecule has 3 aromatic carbocycles. The predicted molar refractivity (Wildman–Crippen MR) is 130 cm³/mol. The fourth-order valence-corrected chi connectivity index (χ4v) is 5.30. The van der Waals surface area contributed by atoms with Gasteiger partial charge in [0.2, 0.25) is 6.79 Å². The van der Waals surface area contributed by atoms with Gasteiger partial charge in [0, 0.05) is 18.2 Å². The molecule has 2 heterocycles. The monoisotopic (exact) mass is 543 g/mol. The van der Waals surface area contributed by atoms with Crippen molar-refractivity contribution in [1.29, 1.82) is 0 Å². The summed E-state index contributed by atoms with van der Waals surface area (Å²) >= 11 is 3.79. The van der Waals surface area contributed by atoms with Crippen molar-refractivity contribution in [2.45, 2.75) is 43.9 Å². The van der Waals surface area contributed by atoms with Crippen LogP contribution < -0.4 is 9.47 Å². The molecule has 35 heavy (non-hydrogen) atoms. The fourth-order valence-electron chi connectivity index (χ4n) is 4.57. The van der Waals surface area contributed by atoms with Gasteiger partial charge in [0.05, 0.1) is 22.7 Å². The van der Waals surface area contributed by atoms with Crippen LogP contribution in [0.5, 0.6) is 11.5 Å². The number of hydrogen-bond donors (Lipinski definition) is 0. The van der Waals surface area contributed by atoms with Gasteiger partial charge < -0.3 is 14.2 Å². The highest BCUT2D eigenvalue weighted by molar-refractivity contribution is 9.09. The van der Waals surface area contributed by atoms with E-state index in [0.717, 1.165) is 22.8 Å². The summed E-state index contributed by atoms with van der Waals surface area (Å²) in [4.78, 5) is 14.2. The number of benzene rings is 3. The first-order valence-electron chi connectivity index (χ1n) is 11.4. The van der Waals surface area contributed by atoms with Crippen molar-refractivity contribution >= 4 is 21.9 Å². The van der Waals surface area contributed by atoms with E-state index < -0.39 is 17.7 Å². The average molecular weight is 544 g/mol. The Morgan fingerprint density at radius 2 is 1.77 bits per heavy atom. The molecule has 8 heteroatoms. The number of ether oxygens (including phenoxy) is 3. The number of carbonyl (C=O) groups excluding carboxylic acids is 1. The van der Waals surface area contributed by atoms with Gasteiger partial charge in [-0.1, -0.05) is 34.1 Å². The summed E-state index contributed by atoms with van der Waals surface area (Å²) in [5.74, 6) is -0.341. The fraction of sp³-hybridized carbons (Fsp3) is 0.296. The Kier molecular flexibility index (Phi) is 6.51. The third-order valence-corrected chi connectivity index (χ3v) is 7.01. The Hall–Kier alpha value is -2.97.